The van der Waals surface area contributed by atoms with E-state index >= 15 is 0 Å². The molecule has 0 spiro atoms. The molecule has 3 nitrogen and oxygen atoms in total. The quantitative estimate of drug-likeness (QED) is 0.784. The summed E-state index contributed by atoms with van der Waals surface area (Å²) in [6, 6.07) is 0. The molecule has 3 heteroatoms. The van der Waals surface area contributed by atoms with Gasteiger partial charge < -0.3 is 4.74 Å². The van der Waals surface area contributed by atoms with Gasteiger partial charge in [0.25, 0.3) is 0 Å². The van der Waals surface area contributed by atoms with Crippen molar-refractivity contribution in [2.45, 2.75) is 65.1 Å². The first-order chi connectivity index (χ1) is 9.08. The van der Waals surface area contributed by atoms with Crippen molar-refractivity contribution in [1.82, 2.24) is 4.90 Å². The monoisotopic (exact) mass is 267 g/mol. The molecule has 2 aliphatic rings. The third kappa shape index (κ3) is 4.28. The molecule has 1 saturated carbocycles. The molecule has 2 fully saturated rings. The van der Waals surface area contributed by atoms with Gasteiger partial charge in [0.05, 0.1) is 12.2 Å². The molecule has 2 rings (SSSR count). The van der Waals surface area contributed by atoms with Crippen LogP contribution in [0.25, 0.3) is 0 Å². The molecule has 1 saturated heterocycles. The lowest BCUT2D eigenvalue weighted by Crippen LogP contribution is -2.48. The van der Waals surface area contributed by atoms with Crippen molar-refractivity contribution >= 4 is 5.78 Å². The molecule has 0 aromatic rings. The van der Waals surface area contributed by atoms with Crippen molar-refractivity contribution in [3.63, 3.8) is 0 Å². The Balaban J connectivity index is 1.87. The van der Waals surface area contributed by atoms with Gasteiger partial charge in [0.1, 0.15) is 5.78 Å². The van der Waals surface area contributed by atoms with E-state index in [1.54, 1.807) is 0 Å². The number of hydrogen-bond donors (Lipinski definition) is 0. The van der Waals surface area contributed by atoms with E-state index < -0.39 is 0 Å². The number of rotatable bonds is 4. The molecule has 4 atom stereocenters. The van der Waals surface area contributed by atoms with Crippen LogP contribution in [0.15, 0.2) is 0 Å². The van der Waals surface area contributed by atoms with Crippen molar-refractivity contribution in [1.29, 1.82) is 0 Å². The van der Waals surface area contributed by atoms with Crippen molar-refractivity contribution in [3.05, 3.63) is 0 Å². The summed E-state index contributed by atoms with van der Waals surface area (Å²) < 4.78 is 5.77. The second-order valence-electron chi connectivity index (χ2n) is 6.57. The van der Waals surface area contributed by atoms with Crippen LogP contribution < -0.4 is 0 Å². The van der Waals surface area contributed by atoms with Gasteiger partial charge in [-0.15, -0.1) is 0 Å². The molecule has 0 aromatic carbocycles. The van der Waals surface area contributed by atoms with Crippen LogP contribution in [0.1, 0.15) is 52.9 Å². The molecule has 19 heavy (non-hydrogen) atoms. The number of carbonyl (C=O) groups is 1. The zero-order chi connectivity index (χ0) is 13.8. The normalized spacial score (nSPS) is 37.5. The van der Waals surface area contributed by atoms with E-state index in [0.29, 0.717) is 18.0 Å². The van der Waals surface area contributed by atoms with Gasteiger partial charge in [-0.2, -0.15) is 0 Å². The lowest BCUT2D eigenvalue weighted by Gasteiger charge is -2.38. The lowest BCUT2D eigenvalue weighted by atomic mass is 9.78. The van der Waals surface area contributed by atoms with Crippen molar-refractivity contribution in [3.8, 4) is 0 Å². The Kier molecular flexibility index (Phi) is 5.40. The van der Waals surface area contributed by atoms with Crippen molar-refractivity contribution in [2.24, 2.45) is 11.8 Å². The molecule has 110 valence electrons. The summed E-state index contributed by atoms with van der Waals surface area (Å²) in [5.74, 6) is 1.56. The number of ketones is 1. The second-order valence-corrected chi connectivity index (χ2v) is 6.57. The van der Waals surface area contributed by atoms with Gasteiger partial charge in [-0.1, -0.05) is 19.8 Å². The number of Topliss-reactive ketones (excluding diaryl/α,β-unsaturated/α-hetero) is 1. The van der Waals surface area contributed by atoms with E-state index in [-0.39, 0.29) is 5.92 Å². The van der Waals surface area contributed by atoms with E-state index in [9.17, 15) is 4.79 Å². The molecule has 1 aliphatic heterocycles. The van der Waals surface area contributed by atoms with Crippen LogP contribution in [0.3, 0.4) is 0 Å². The van der Waals surface area contributed by atoms with Crippen LogP contribution in [-0.4, -0.2) is 42.5 Å². The summed E-state index contributed by atoms with van der Waals surface area (Å²) >= 11 is 0. The Bertz CT molecular complexity index is 295. The Hall–Kier alpha value is -0.410. The summed E-state index contributed by atoms with van der Waals surface area (Å²) in [4.78, 5) is 14.6. The van der Waals surface area contributed by atoms with E-state index in [1.807, 2.05) is 0 Å². The molecule has 0 radical (unpaired) electrons. The molecular formula is C16H29NO2. The SMILES string of the molecule is CCCC1CCC(=O)C(CN2C[C@@H](C)O[C@@H](C)C2)C1. The lowest BCUT2D eigenvalue weighted by molar-refractivity contribution is -0.128. The highest BCUT2D eigenvalue weighted by molar-refractivity contribution is 5.81. The number of hydrogen-bond acceptors (Lipinski definition) is 3. The second kappa shape index (κ2) is 6.85. The third-order valence-electron chi connectivity index (χ3n) is 4.54. The van der Waals surface area contributed by atoms with Gasteiger partial charge >= 0.3 is 0 Å². The first-order valence-corrected chi connectivity index (χ1v) is 7.99. The molecule has 0 aromatic heterocycles. The third-order valence-corrected chi connectivity index (χ3v) is 4.54. The molecule has 1 heterocycles. The maximum Gasteiger partial charge on any atom is 0.137 e. The highest BCUT2D eigenvalue weighted by Crippen LogP contribution is 2.30. The van der Waals surface area contributed by atoms with E-state index in [4.69, 9.17) is 4.74 Å². The van der Waals surface area contributed by atoms with Crippen LogP contribution in [0.5, 0.6) is 0 Å². The zero-order valence-electron chi connectivity index (χ0n) is 12.7. The number of morpholine rings is 1. The Morgan fingerprint density at radius 2 is 1.95 bits per heavy atom. The average molecular weight is 267 g/mol. The fourth-order valence-electron chi connectivity index (χ4n) is 3.79. The standard InChI is InChI=1S/C16H29NO2/c1-4-5-14-6-7-16(18)15(8-14)11-17-9-12(2)19-13(3)10-17/h12-15H,4-11H2,1-3H3/t12-,13+,14?,15?. The summed E-state index contributed by atoms with van der Waals surface area (Å²) in [6.07, 6.45) is 6.19. The minimum absolute atomic E-state index is 0.280. The van der Waals surface area contributed by atoms with Gasteiger partial charge in [0.15, 0.2) is 0 Å². The first kappa shape index (κ1) is 15.0. The number of ether oxygens (including phenoxy) is 1. The highest BCUT2D eigenvalue weighted by atomic mass is 16.5. The van der Waals surface area contributed by atoms with Crippen LogP contribution in [-0.2, 0) is 9.53 Å². The molecule has 1 aliphatic carbocycles. The summed E-state index contributed by atoms with van der Waals surface area (Å²) in [5, 5.41) is 0. The van der Waals surface area contributed by atoms with Gasteiger partial charge in [0, 0.05) is 32.0 Å². The zero-order valence-corrected chi connectivity index (χ0v) is 12.7. The highest BCUT2D eigenvalue weighted by Gasteiger charge is 2.31. The predicted octanol–water partition coefficient (Wildman–Crippen LogP) is 2.88. The van der Waals surface area contributed by atoms with Crippen LogP contribution in [0.2, 0.25) is 0 Å². The van der Waals surface area contributed by atoms with Gasteiger partial charge in [-0.25, -0.2) is 0 Å². The maximum absolute atomic E-state index is 12.1. The van der Waals surface area contributed by atoms with E-state index in [1.165, 1.54) is 12.8 Å². The minimum Gasteiger partial charge on any atom is -0.373 e. The fourth-order valence-corrected chi connectivity index (χ4v) is 3.79. The Morgan fingerprint density at radius 3 is 2.58 bits per heavy atom. The minimum atomic E-state index is 0.280. The first-order valence-electron chi connectivity index (χ1n) is 7.99. The number of carbonyl (C=O) groups excluding carboxylic acids is 1. The molecule has 0 amide bonds. The summed E-state index contributed by atoms with van der Waals surface area (Å²) in [6.45, 7) is 9.42. The Labute approximate surface area is 117 Å². The largest absolute Gasteiger partial charge is 0.373 e. The topological polar surface area (TPSA) is 29.5 Å². The van der Waals surface area contributed by atoms with Gasteiger partial charge in [-0.05, 0) is 32.6 Å². The van der Waals surface area contributed by atoms with Crippen LogP contribution >= 0.6 is 0 Å². The molecule has 0 N–H and O–H groups in total. The summed E-state index contributed by atoms with van der Waals surface area (Å²) in [7, 11) is 0. The Morgan fingerprint density at radius 1 is 1.26 bits per heavy atom. The van der Waals surface area contributed by atoms with Crippen molar-refractivity contribution < 1.29 is 9.53 Å². The molecule has 2 unspecified atom stereocenters. The van der Waals surface area contributed by atoms with Crippen molar-refractivity contribution in [2.75, 3.05) is 19.6 Å². The predicted molar refractivity (Wildman–Crippen MR) is 77.2 cm³/mol. The maximum atomic E-state index is 12.1. The van der Waals surface area contributed by atoms with Crippen LogP contribution in [0, 0.1) is 11.8 Å². The van der Waals surface area contributed by atoms with Gasteiger partial charge in [-0.3, -0.25) is 9.69 Å². The number of nitrogens with zero attached hydrogens (tertiary/aromatic N) is 1. The van der Waals surface area contributed by atoms with E-state index in [0.717, 1.165) is 44.8 Å². The van der Waals surface area contributed by atoms with Crippen LogP contribution in [0.4, 0.5) is 0 Å². The summed E-state index contributed by atoms with van der Waals surface area (Å²) in [5.41, 5.74) is 0. The molecular weight excluding hydrogens is 238 g/mol. The van der Waals surface area contributed by atoms with E-state index in [2.05, 4.69) is 25.7 Å². The average Bonchev–Trinajstić information content (AvgIpc) is 2.32. The molecule has 0 bridgehead atoms. The smallest absolute Gasteiger partial charge is 0.137 e. The fraction of sp³-hybridized carbons (Fsp3) is 0.938. The van der Waals surface area contributed by atoms with Gasteiger partial charge in [0.2, 0.25) is 0 Å².